The zero-order valence-corrected chi connectivity index (χ0v) is 11.1. The van der Waals surface area contributed by atoms with E-state index in [0.717, 1.165) is 19.6 Å². The Morgan fingerprint density at radius 2 is 2.16 bits per heavy atom. The fourth-order valence-corrected chi connectivity index (χ4v) is 1.56. The molecule has 8 heteroatoms. The van der Waals surface area contributed by atoms with Crippen molar-refractivity contribution in [3.05, 3.63) is 22.2 Å². The predicted molar refractivity (Wildman–Crippen MR) is 72.0 cm³/mol. The number of aromatic nitrogens is 1. The maximum absolute atomic E-state index is 10.7. The molecule has 19 heavy (non-hydrogen) atoms. The topological polar surface area (TPSA) is 107 Å². The number of nitro groups is 1. The average molecular weight is 269 g/mol. The molecule has 0 fully saturated rings. The van der Waals surface area contributed by atoms with Gasteiger partial charge in [-0.15, -0.1) is 0 Å². The van der Waals surface area contributed by atoms with Gasteiger partial charge in [-0.1, -0.05) is 13.8 Å². The molecule has 0 spiro atoms. The minimum absolute atomic E-state index is 0.110. The van der Waals surface area contributed by atoms with Gasteiger partial charge in [0.2, 0.25) is 5.88 Å². The van der Waals surface area contributed by atoms with Crippen molar-refractivity contribution in [2.75, 3.05) is 31.7 Å². The quantitative estimate of drug-likeness (QED) is 0.412. The highest BCUT2D eigenvalue weighted by molar-refractivity contribution is 5.47. The van der Waals surface area contributed by atoms with Crippen LogP contribution in [0.2, 0.25) is 0 Å². The highest BCUT2D eigenvalue weighted by atomic mass is 16.6. The molecule has 0 saturated heterocycles. The van der Waals surface area contributed by atoms with E-state index in [1.165, 1.54) is 12.1 Å². The lowest BCUT2D eigenvalue weighted by atomic mass is 10.4. The Bertz CT molecular complexity index is 423. The van der Waals surface area contributed by atoms with Crippen LogP contribution < -0.4 is 16.0 Å². The number of nitrogens with zero attached hydrogens (tertiary/aromatic N) is 3. The number of hydrazine groups is 1. The van der Waals surface area contributed by atoms with Crippen molar-refractivity contribution in [3.63, 3.8) is 0 Å². The van der Waals surface area contributed by atoms with Crippen molar-refractivity contribution in [3.8, 4) is 5.88 Å². The average Bonchev–Trinajstić information content (AvgIpc) is 2.43. The summed E-state index contributed by atoms with van der Waals surface area (Å²) in [4.78, 5) is 16.4. The smallest absolute Gasteiger partial charge is 0.278 e. The van der Waals surface area contributed by atoms with Gasteiger partial charge >= 0.3 is 0 Å². The summed E-state index contributed by atoms with van der Waals surface area (Å²) in [5.41, 5.74) is 2.17. The van der Waals surface area contributed by atoms with Crippen molar-refractivity contribution in [1.29, 1.82) is 0 Å². The van der Waals surface area contributed by atoms with E-state index in [-0.39, 0.29) is 17.4 Å². The minimum Gasteiger partial charge on any atom is -0.476 e. The largest absolute Gasteiger partial charge is 0.476 e. The Hall–Kier alpha value is -1.93. The number of hydrogen-bond donors (Lipinski definition) is 2. The molecule has 0 aliphatic carbocycles. The molecule has 0 aromatic carbocycles. The van der Waals surface area contributed by atoms with Gasteiger partial charge in [-0.2, -0.15) is 4.98 Å². The number of ether oxygens (including phenoxy) is 1. The third kappa shape index (κ3) is 4.68. The van der Waals surface area contributed by atoms with Gasteiger partial charge < -0.3 is 15.1 Å². The van der Waals surface area contributed by atoms with Crippen molar-refractivity contribution in [1.82, 2.24) is 9.88 Å². The van der Waals surface area contributed by atoms with Crippen LogP contribution in [-0.2, 0) is 0 Å². The lowest BCUT2D eigenvalue weighted by molar-refractivity contribution is -0.384. The lowest BCUT2D eigenvalue weighted by Gasteiger charge is -2.17. The van der Waals surface area contributed by atoms with Crippen LogP contribution in [0.1, 0.15) is 13.8 Å². The van der Waals surface area contributed by atoms with Crippen molar-refractivity contribution < 1.29 is 9.66 Å². The molecule has 3 N–H and O–H groups in total. The monoisotopic (exact) mass is 269 g/mol. The van der Waals surface area contributed by atoms with E-state index in [9.17, 15) is 10.1 Å². The number of nitrogens with one attached hydrogen (secondary N) is 1. The van der Waals surface area contributed by atoms with Gasteiger partial charge in [0.15, 0.2) is 5.82 Å². The fraction of sp³-hybridized carbons (Fsp3) is 0.545. The summed E-state index contributed by atoms with van der Waals surface area (Å²) >= 11 is 0. The van der Waals surface area contributed by atoms with E-state index >= 15 is 0 Å². The van der Waals surface area contributed by atoms with Gasteiger partial charge in [-0.25, -0.2) is 5.84 Å². The molecule has 0 amide bonds. The van der Waals surface area contributed by atoms with Gasteiger partial charge in [0.05, 0.1) is 17.1 Å². The first-order chi connectivity index (χ1) is 9.10. The first-order valence-corrected chi connectivity index (χ1v) is 6.09. The van der Waals surface area contributed by atoms with Gasteiger partial charge in [0, 0.05) is 6.54 Å². The second kappa shape index (κ2) is 7.49. The zero-order valence-electron chi connectivity index (χ0n) is 11.1. The Balaban J connectivity index is 2.67. The molecular weight excluding hydrogens is 250 g/mol. The maximum atomic E-state index is 10.7. The normalized spacial score (nSPS) is 10.5. The number of likely N-dealkylation sites (N-methyl/N-ethyl adjacent to an activating group) is 1. The molecule has 8 nitrogen and oxygen atoms in total. The standard InChI is InChI=1S/C11H19N5O3/c1-3-15(4-2)5-6-19-11-8-9(16(17)18)7-10(13-11)14-12/h7-8H,3-6,12H2,1-2H3,(H,13,14). The number of rotatable bonds is 8. The van der Waals surface area contributed by atoms with E-state index in [4.69, 9.17) is 10.6 Å². The molecular formula is C11H19N5O3. The molecule has 0 bridgehead atoms. The number of anilines is 1. The summed E-state index contributed by atoms with van der Waals surface area (Å²) in [6.45, 7) is 7.13. The highest BCUT2D eigenvalue weighted by Gasteiger charge is 2.11. The minimum atomic E-state index is -0.514. The Kier molecular flexibility index (Phi) is 5.97. The van der Waals surface area contributed by atoms with Crippen molar-refractivity contribution in [2.45, 2.75) is 13.8 Å². The molecule has 0 unspecified atom stereocenters. The van der Waals surface area contributed by atoms with Gasteiger partial charge in [-0.05, 0) is 13.1 Å². The molecule has 0 aliphatic heterocycles. The molecule has 106 valence electrons. The van der Waals surface area contributed by atoms with E-state index < -0.39 is 4.92 Å². The van der Waals surface area contributed by atoms with Gasteiger partial charge in [0.1, 0.15) is 6.61 Å². The van der Waals surface area contributed by atoms with Crippen LogP contribution in [0.3, 0.4) is 0 Å². The van der Waals surface area contributed by atoms with Crippen LogP contribution >= 0.6 is 0 Å². The number of nitrogens with two attached hydrogens (primary N) is 1. The third-order valence-electron chi connectivity index (χ3n) is 2.70. The van der Waals surface area contributed by atoms with E-state index in [2.05, 4.69) is 29.2 Å². The molecule has 1 rings (SSSR count). The van der Waals surface area contributed by atoms with Crippen LogP contribution in [-0.4, -0.2) is 41.0 Å². The first-order valence-electron chi connectivity index (χ1n) is 6.09. The maximum Gasteiger partial charge on any atom is 0.278 e. The molecule has 0 radical (unpaired) electrons. The molecule has 0 aliphatic rings. The van der Waals surface area contributed by atoms with E-state index in [0.29, 0.717) is 6.61 Å². The molecule has 1 aromatic heterocycles. The molecule has 1 heterocycles. The van der Waals surface area contributed by atoms with Crippen LogP contribution in [0.5, 0.6) is 5.88 Å². The predicted octanol–water partition coefficient (Wildman–Crippen LogP) is 0.996. The zero-order chi connectivity index (χ0) is 14.3. The van der Waals surface area contributed by atoms with Gasteiger partial charge in [0.25, 0.3) is 5.69 Å². The second-order valence-electron chi connectivity index (χ2n) is 3.83. The summed E-state index contributed by atoms with van der Waals surface area (Å²) in [7, 11) is 0. The summed E-state index contributed by atoms with van der Waals surface area (Å²) in [6.07, 6.45) is 0. The highest BCUT2D eigenvalue weighted by Crippen LogP contribution is 2.21. The summed E-state index contributed by atoms with van der Waals surface area (Å²) in [5.74, 6) is 5.60. The van der Waals surface area contributed by atoms with Crippen LogP contribution in [0.4, 0.5) is 11.5 Å². The van der Waals surface area contributed by atoms with Crippen LogP contribution in [0, 0.1) is 10.1 Å². The summed E-state index contributed by atoms with van der Waals surface area (Å²) in [6, 6.07) is 2.53. The Labute approximate surface area is 111 Å². The fourth-order valence-electron chi connectivity index (χ4n) is 1.56. The van der Waals surface area contributed by atoms with Crippen molar-refractivity contribution in [2.24, 2.45) is 5.84 Å². The number of nitrogen functional groups attached to an aromatic ring is 1. The molecule has 0 atom stereocenters. The van der Waals surface area contributed by atoms with Crippen LogP contribution in [0.15, 0.2) is 12.1 Å². The summed E-state index contributed by atoms with van der Waals surface area (Å²) < 4.78 is 5.42. The number of hydrogen-bond acceptors (Lipinski definition) is 7. The Morgan fingerprint density at radius 3 is 2.68 bits per heavy atom. The third-order valence-corrected chi connectivity index (χ3v) is 2.70. The second-order valence-corrected chi connectivity index (χ2v) is 3.83. The lowest BCUT2D eigenvalue weighted by Crippen LogP contribution is -2.28. The SMILES string of the molecule is CCN(CC)CCOc1cc([N+](=O)[O-])cc(NN)n1. The summed E-state index contributed by atoms with van der Waals surface area (Å²) in [5, 5.41) is 10.7. The van der Waals surface area contributed by atoms with Crippen LogP contribution in [0.25, 0.3) is 0 Å². The Morgan fingerprint density at radius 1 is 1.47 bits per heavy atom. The van der Waals surface area contributed by atoms with Crippen molar-refractivity contribution >= 4 is 11.5 Å². The number of pyridine rings is 1. The molecule has 0 saturated carbocycles. The molecule has 1 aromatic rings. The van der Waals surface area contributed by atoms with E-state index in [1.807, 2.05) is 0 Å². The van der Waals surface area contributed by atoms with E-state index in [1.54, 1.807) is 0 Å². The van der Waals surface area contributed by atoms with Gasteiger partial charge in [-0.3, -0.25) is 10.1 Å². The first kappa shape index (κ1) is 15.1.